The SMILES string of the molecule is CC(C)(C)OC(=O)N[C@H](CC1CC2(CCC2)C1)C(=O)O. The Balaban J connectivity index is 1.79. The lowest BCUT2D eigenvalue weighted by Crippen LogP contribution is -2.49. The molecule has 0 radical (unpaired) electrons. The summed E-state index contributed by atoms with van der Waals surface area (Å²) in [6.45, 7) is 5.28. The van der Waals surface area contributed by atoms with Crippen molar-refractivity contribution in [3.8, 4) is 0 Å². The minimum absolute atomic E-state index is 0.423. The number of hydrogen-bond acceptors (Lipinski definition) is 3. The lowest BCUT2D eigenvalue weighted by molar-refractivity contribution is -0.141. The summed E-state index contributed by atoms with van der Waals surface area (Å²) in [6.07, 6.45) is 5.99. The molecule has 0 heterocycles. The van der Waals surface area contributed by atoms with E-state index in [-0.39, 0.29) is 0 Å². The van der Waals surface area contributed by atoms with Crippen LogP contribution in [0.1, 0.15) is 59.3 Å². The number of alkyl carbamates (subject to hydrolysis) is 1. The van der Waals surface area contributed by atoms with Crippen LogP contribution in [0.5, 0.6) is 0 Å². The van der Waals surface area contributed by atoms with Crippen LogP contribution in [-0.2, 0) is 9.53 Å². The highest BCUT2D eigenvalue weighted by Crippen LogP contribution is 2.59. The minimum atomic E-state index is -0.981. The van der Waals surface area contributed by atoms with Crippen LogP contribution >= 0.6 is 0 Å². The minimum Gasteiger partial charge on any atom is -0.480 e. The van der Waals surface area contributed by atoms with Gasteiger partial charge in [0.2, 0.25) is 0 Å². The number of ether oxygens (including phenoxy) is 1. The van der Waals surface area contributed by atoms with Crippen LogP contribution in [0.15, 0.2) is 0 Å². The monoisotopic (exact) mass is 283 g/mol. The third-order valence-electron chi connectivity index (χ3n) is 4.42. The molecule has 0 bridgehead atoms. The van der Waals surface area contributed by atoms with Gasteiger partial charge in [0.25, 0.3) is 0 Å². The molecule has 20 heavy (non-hydrogen) atoms. The first-order chi connectivity index (χ1) is 9.19. The summed E-state index contributed by atoms with van der Waals surface area (Å²) in [6, 6.07) is -0.840. The number of carbonyl (C=O) groups excluding carboxylic acids is 1. The average molecular weight is 283 g/mol. The fourth-order valence-electron chi connectivity index (χ4n) is 3.42. The van der Waals surface area contributed by atoms with Gasteiger partial charge in [0, 0.05) is 0 Å². The van der Waals surface area contributed by atoms with Gasteiger partial charge >= 0.3 is 12.1 Å². The molecule has 1 atom stereocenters. The Kier molecular flexibility index (Phi) is 3.98. The number of aliphatic carboxylic acids is 1. The Bertz CT molecular complexity index is 387. The molecular weight excluding hydrogens is 258 g/mol. The van der Waals surface area contributed by atoms with Gasteiger partial charge in [-0.25, -0.2) is 9.59 Å². The smallest absolute Gasteiger partial charge is 0.408 e. The maximum atomic E-state index is 11.7. The number of amides is 1. The topological polar surface area (TPSA) is 75.6 Å². The Morgan fingerprint density at radius 3 is 2.35 bits per heavy atom. The van der Waals surface area contributed by atoms with Crippen LogP contribution < -0.4 is 5.32 Å². The van der Waals surface area contributed by atoms with E-state index in [2.05, 4.69) is 5.32 Å². The van der Waals surface area contributed by atoms with Crippen molar-refractivity contribution in [1.82, 2.24) is 5.32 Å². The number of carbonyl (C=O) groups is 2. The van der Waals surface area contributed by atoms with Crippen LogP contribution in [0.3, 0.4) is 0 Å². The second-order valence-corrected chi connectivity index (χ2v) is 7.40. The van der Waals surface area contributed by atoms with E-state index in [4.69, 9.17) is 4.74 Å². The molecule has 0 aromatic rings. The average Bonchev–Trinajstić information content (AvgIpc) is 2.14. The van der Waals surface area contributed by atoms with Gasteiger partial charge in [-0.15, -0.1) is 0 Å². The third-order valence-corrected chi connectivity index (χ3v) is 4.42. The van der Waals surface area contributed by atoms with Crippen molar-refractivity contribution < 1.29 is 19.4 Å². The van der Waals surface area contributed by atoms with Gasteiger partial charge in [0.05, 0.1) is 0 Å². The summed E-state index contributed by atoms with van der Waals surface area (Å²) in [5, 5.41) is 11.7. The predicted molar refractivity (Wildman–Crippen MR) is 74.4 cm³/mol. The second-order valence-electron chi connectivity index (χ2n) is 7.40. The Morgan fingerprint density at radius 2 is 1.95 bits per heavy atom. The van der Waals surface area contributed by atoms with Crippen molar-refractivity contribution in [3.05, 3.63) is 0 Å². The van der Waals surface area contributed by atoms with E-state index in [1.165, 1.54) is 19.3 Å². The van der Waals surface area contributed by atoms with E-state index in [0.29, 0.717) is 17.8 Å². The van der Waals surface area contributed by atoms with Crippen LogP contribution in [0, 0.1) is 11.3 Å². The van der Waals surface area contributed by atoms with E-state index in [1.54, 1.807) is 20.8 Å². The maximum absolute atomic E-state index is 11.7. The van der Waals surface area contributed by atoms with Gasteiger partial charge in [-0.05, 0) is 64.2 Å². The summed E-state index contributed by atoms with van der Waals surface area (Å²) >= 11 is 0. The number of nitrogens with one attached hydrogen (secondary N) is 1. The summed E-state index contributed by atoms with van der Waals surface area (Å²) in [7, 11) is 0. The quantitative estimate of drug-likeness (QED) is 0.831. The molecule has 1 amide bonds. The third kappa shape index (κ3) is 3.64. The molecule has 2 aliphatic carbocycles. The van der Waals surface area contributed by atoms with Crippen molar-refractivity contribution in [1.29, 1.82) is 0 Å². The molecule has 0 saturated heterocycles. The Labute approximate surface area is 120 Å². The first-order valence-electron chi connectivity index (χ1n) is 7.41. The highest BCUT2D eigenvalue weighted by atomic mass is 16.6. The summed E-state index contributed by atoms with van der Waals surface area (Å²) in [4.78, 5) is 22.9. The molecule has 2 fully saturated rings. The van der Waals surface area contributed by atoms with E-state index in [9.17, 15) is 14.7 Å². The zero-order valence-electron chi connectivity index (χ0n) is 12.6. The molecule has 0 unspecified atom stereocenters. The molecule has 5 heteroatoms. The van der Waals surface area contributed by atoms with Crippen molar-refractivity contribution in [2.75, 3.05) is 0 Å². The highest BCUT2D eigenvalue weighted by Gasteiger charge is 2.48. The summed E-state index contributed by atoms with van der Waals surface area (Å²) < 4.78 is 5.11. The van der Waals surface area contributed by atoms with Crippen LogP contribution in [0.25, 0.3) is 0 Å². The van der Waals surface area contributed by atoms with Gasteiger partial charge in [-0.2, -0.15) is 0 Å². The Hall–Kier alpha value is -1.26. The number of carboxylic acids is 1. The lowest BCUT2D eigenvalue weighted by atomic mass is 9.51. The number of rotatable bonds is 4. The van der Waals surface area contributed by atoms with Gasteiger partial charge in [-0.1, -0.05) is 6.42 Å². The summed E-state index contributed by atoms with van der Waals surface area (Å²) in [5.41, 5.74) is -0.0841. The second kappa shape index (κ2) is 5.26. The van der Waals surface area contributed by atoms with E-state index < -0.39 is 23.7 Å². The van der Waals surface area contributed by atoms with E-state index >= 15 is 0 Å². The zero-order chi connectivity index (χ0) is 15.0. The predicted octanol–water partition coefficient (Wildman–Crippen LogP) is 2.93. The molecular formula is C15H25NO4. The van der Waals surface area contributed by atoms with Crippen molar-refractivity contribution in [3.63, 3.8) is 0 Å². The van der Waals surface area contributed by atoms with Gasteiger partial charge in [-0.3, -0.25) is 0 Å². The first kappa shape index (κ1) is 15.1. The van der Waals surface area contributed by atoms with E-state index in [1.807, 2.05) is 0 Å². The van der Waals surface area contributed by atoms with Gasteiger partial charge in [0.1, 0.15) is 11.6 Å². The molecule has 2 N–H and O–H groups in total. The van der Waals surface area contributed by atoms with Gasteiger partial charge < -0.3 is 15.2 Å². The van der Waals surface area contributed by atoms with E-state index in [0.717, 1.165) is 12.8 Å². The number of carboxylic acid groups (broad SMARTS) is 1. The molecule has 0 aromatic heterocycles. The standard InChI is InChI=1S/C15H25NO4/c1-14(2,3)20-13(19)16-11(12(17)18)7-10-8-15(9-10)5-4-6-15/h10-11H,4-9H2,1-3H3,(H,16,19)(H,17,18)/t11-/m1/s1. The molecule has 2 rings (SSSR count). The molecule has 5 nitrogen and oxygen atoms in total. The van der Waals surface area contributed by atoms with Crippen LogP contribution in [-0.4, -0.2) is 28.8 Å². The normalized spacial score (nSPS) is 22.6. The Morgan fingerprint density at radius 1 is 1.35 bits per heavy atom. The molecule has 0 aromatic carbocycles. The van der Waals surface area contributed by atoms with Crippen LogP contribution in [0.4, 0.5) is 4.79 Å². The largest absolute Gasteiger partial charge is 0.480 e. The molecule has 0 aliphatic heterocycles. The molecule has 114 valence electrons. The van der Waals surface area contributed by atoms with Gasteiger partial charge in [0.15, 0.2) is 0 Å². The molecule has 2 aliphatic rings. The van der Waals surface area contributed by atoms with Crippen LogP contribution in [0.2, 0.25) is 0 Å². The fourth-order valence-corrected chi connectivity index (χ4v) is 3.42. The van der Waals surface area contributed by atoms with Crippen molar-refractivity contribution >= 4 is 12.1 Å². The van der Waals surface area contributed by atoms with Crippen molar-refractivity contribution in [2.24, 2.45) is 11.3 Å². The summed E-state index contributed by atoms with van der Waals surface area (Å²) in [5.74, 6) is -0.559. The molecule has 2 saturated carbocycles. The highest BCUT2D eigenvalue weighted by molar-refractivity contribution is 5.80. The number of hydrogen-bond donors (Lipinski definition) is 2. The fraction of sp³-hybridized carbons (Fsp3) is 0.867. The first-order valence-corrected chi connectivity index (χ1v) is 7.41. The lowest BCUT2D eigenvalue weighted by Gasteiger charge is -2.54. The van der Waals surface area contributed by atoms with Crippen molar-refractivity contribution in [2.45, 2.75) is 70.9 Å². The maximum Gasteiger partial charge on any atom is 0.408 e. The molecule has 1 spiro atoms. The zero-order valence-corrected chi connectivity index (χ0v) is 12.6.